The summed E-state index contributed by atoms with van der Waals surface area (Å²) in [5.41, 5.74) is 5.42. The van der Waals surface area contributed by atoms with Crippen LogP contribution in [0.2, 0.25) is 0 Å². The van der Waals surface area contributed by atoms with Crippen LogP contribution in [-0.4, -0.2) is 42.4 Å². The zero-order chi connectivity index (χ0) is 20.0. The van der Waals surface area contributed by atoms with Crippen LogP contribution in [0.1, 0.15) is 32.1 Å². The Morgan fingerprint density at radius 1 is 0.893 bits per heavy atom. The molecule has 2 aromatic carbocycles. The number of carbonyl (C=O) groups is 1. The summed E-state index contributed by atoms with van der Waals surface area (Å²) >= 11 is 1.77. The highest BCUT2D eigenvalue weighted by atomic mass is 32.2. The second kappa shape index (κ2) is 23.2. The van der Waals surface area contributed by atoms with E-state index in [1.807, 2.05) is 54.6 Å². The van der Waals surface area contributed by atoms with Gasteiger partial charge in [-0.1, -0.05) is 67.4 Å². The van der Waals surface area contributed by atoms with Crippen molar-refractivity contribution in [3.8, 4) is 0 Å². The Kier molecular flexibility index (Phi) is 23.5. The number of nitrogens with one attached hydrogen (secondary N) is 1. The van der Waals surface area contributed by atoms with E-state index in [9.17, 15) is 4.79 Å². The van der Waals surface area contributed by atoms with E-state index >= 15 is 0 Å². The molecule has 0 aliphatic rings. The van der Waals surface area contributed by atoms with Crippen LogP contribution < -0.4 is 11.1 Å². The third-order valence-electron chi connectivity index (χ3n) is 3.46. The van der Waals surface area contributed by atoms with E-state index in [0.717, 1.165) is 51.6 Å². The minimum Gasteiger partial charge on any atom is -0.412 e. The molecule has 28 heavy (non-hydrogen) atoms. The predicted molar refractivity (Wildman–Crippen MR) is 121 cm³/mol. The Morgan fingerprint density at radius 2 is 1.39 bits per heavy atom. The number of rotatable bonds is 10. The van der Waals surface area contributed by atoms with Gasteiger partial charge < -0.3 is 21.6 Å². The zero-order valence-corrected chi connectivity index (χ0v) is 17.7. The van der Waals surface area contributed by atoms with Gasteiger partial charge >= 0.3 is 0 Å². The summed E-state index contributed by atoms with van der Waals surface area (Å²) in [6.07, 6.45) is 4.91. The highest BCUT2D eigenvalue weighted by molar-refractivity contribution is 7.99. The topological polar surface area (TPSA) is 107 Å². The number of thioether (sulfide) groups is 1. The predicted octanol–water partition coefficient (Wildman–Crippen LogP) is 3.27. The first-order chi connectivity index (χ1) is 13.3. The molecule has 2 rings (SSSR count). The van der Waals surface area contributed by atoms with Crippen molar-refractivity contribution >= 4 is 17.7 Å². The number of aliphatic hydroxyl groups excluding tert-OH is 1. The van der Waals surface area contributed by atoms with Crippen molar-refractivity contribution in [2.24, 2.45) is 5.73 Å². The van der Waals surface area contributed by atoms with E-state index in [4.69, 9.17) is 10.8 Å². The third kappa shape index (κ3) is 18.9. The van der Waals surface area contributed by atoms with Gasteiger partial charge in [-0.25, -0.2) is 0 Å². The molecule has 0 saturated heterocycles. The Bertz CT molecular complexity index is 515. The molecule has 0 aliphatic heterocycles. The number of benzene rings is 2. The van der Waals surface area contributed by atoms with Crippen LogP contribution in [-0.2, 0) is 4.79 Å². The molecule has 0 atom stereocenters. The first kappa shape index (κ1) is 28.4. The SMILES string of the molecule is CO.NCCCCCCC(=O)NCCSc1ccccc1.O.c1ccccc1. The number of aliphatic hydroxyl groups is 1. The van der Waals surface area contributed by atoms with Crippen LogP contribution in [0.4, 0.5) is 0 Å². The molecule has 0 aromatic heterocycles. The molecule has 5 nitrogen and oxygen atoms in total. The van der Waals surface area contributed by atoms with Crippen molar-refractivity contribution < 1.29 is 15.4 Å². The summed E-state index contributed by atoms with van der Waals surface area (Å²) in [5, 5.41) is 9.96. The van der Waals surface area contributed by atoms with Gasteiger partial charge in [0.05, 0.1) is 0 Å². The van der Waals surface area contributed by atoms with Crippen molar-refractivity contribution in [2.75, 3.05) is 26.0 Å². The van der Waals surface area contributed by atoms with Crippen LogP contribution in [0.5, 0.6) is 0 Å². The Labute approximate surface area is 174 Å². The molecule has 0 fully saturated rings. The number of amides is 1. The smallest absolute Gasteiger partial charge is 0.220 e. The zero-order valence-electron chi connectivity index (χ0n) is 16.8. The van der Waals surface area contributed by atoms with Crippen molar-refractivity contribution in [2.45, 2.75) is 37.0 Å². The normalized spacial score (nSPS) is 8.96. The van der Waals surface area contributed by atoms with Gasteiger partial charge in [0.1, 0.15) is 0 Å². The Balaban J connectivity index is 0. The second-order valence-corrected chi connectivity index (χ2v) is 6.79. The maximum Gasteiger partial charge on any atom is 0.220 e. The van der Waals surface area contributed by atoms with Gasteiger partial charge in [0, 0.05) is 30.7 Å². The van der Waals surface area contributed by atoms with Gasteiger partial charge in [-0.2, -0.15) is 0 Å². The van der Waals surface area contributed by atoms with E-state index in [1.165, 1.54) is 4.90 Å². The van der Waals surface area contributed by atoms with Gasteiger partial charge in [0.25, 0.3) is 0 Å². The van der Waals surface area contributed by atoms with E-state index in [2.05, 4.69) is 17.4 Å². The summed E-state index contributed by atoms with van der Waals surface area (Å²) in [6, 6.07) is 22.2. The molecule has 6 heteroatoms. The van der Waals surface area contributed by atoms with Crippen molar-refractivity contribution in [1.29, 1.82) is 0 Å². The van der Waals surface area contributed by atoms with E-state index in [0.29, 0.717) is 6.42 Å². The van der Waals surface area contributed by atoms with Gasteiger partial charge in [0.15, 0.2) is 0 Å². The van der Waals surface area contributed by atoms with Crippen LogP contribution in [0.25, 0.3) is 0 Å². The number of carbonyl (C=O) groups excluding carboxylic acids is 1. The van der Waals surface area contributed by atoms with E-state index in [-0.39, 0.29) is 11.4 Å². The average Bonchev–Trinajstić information content (AvgIpc) is 2.75. The first-order valence-corrected chi connectivity index (χ1v) is 10.4. The average molecular weight is 409 g/mol. The van der Waals surface area contributed by atoms with Gasteiger partial charge in [0.2, 0.25) is 5.91 Å². The summed E-state index contributed by atoms with van der Waals surface area (Å²) in [6.45, 7) is 1.49. The quantitative estimate of drug-likeness (QED) is 0.414. The van der Waals surface area contributed by atoms with Crippen LogP contribution >= 0.6 is 11.8 Å². The fraction of sp³-hybridized carbons (Fsp3) is 0.409. The van der Waals surface area contributed by atoms with Crippen molar-refractivity contribution in [1.82, 2.24) is 5.32 Å². The fourth-order valence-electron chi connectivity index (χ4n) is 2.13. The maximum atomic E-state index is 11.5. The molecule has 0 saturated carbocycles. The summed E-state index contributed by atoms with van der Waals surface area (Å²) in [5.74, 6) is 1.09. The Hall–Kier alpha value is -1.86. The number of hydrogen-bond acceptors (Lipinski definition) is 4. The lowest BCUT2D eigenvalue weighted by molar-refractivity contribution is -0.121. The monoisotopic (exact) mass is 408 g/mol. The van der Waals surface area contributed by atoms with Crippen LogP contribution in [0.15, 0.2) is 71.6 Å². The largest absolute Gasteiger partial charge is 0.412 e. The molecule has 1 amide bonds. The molecular formula is C22H36N2O3S. The van der Waals surface area contributed by atoms with Gasteiger partial charge in [-0.15, -0.1) is 11.8 Å². The van der Waals surface area contributed by atoms with E-state index < -0.39 is 0 Å². The Morgan fingerprint density at radius 3 is 1.93 bits per heavy atom. The molecule has 0 bridgehead atoms. The molecule has 0 aliphatic carbocycles. The lowest BCUT2D eigenvalue weighted by atomic mass is 10.1. The maximum absolute atomic E-state index is 11.5. The number of nitrogens with two attached hydrogens (primary N) is 1. The molecule has 0 spiro atoms. The summed E-state index contributed by atoms with van der Waals surface area (Å²) < 4.78 is 0. The van der Waals surface area contributed by atoms with Crippen LogP contribution in [0.3, 0.4) is 0 Å². The molecule has 158 valence electrons. The second-order valence-electron chi connectivity index (χ2n) is 5.62. The van der Waals surface area contributed by atoms with Gasteiger partial charge in [-0.3, -0.25) is 4.79 Å². The highest BCUT2D eigenvalue weighted by Gasteiger charge is 2.00. The van der Waals surface area contributed by atoms with Crippen molar-refractivity contribution in [3.63, 3.8) is 0 Å². The van der Waals surface area contributed by atoms with Crippen molar-refractivity contribution in [3.05, 3.63) is 66.7 Å². The molecule has 6 N–H and O–H groups in total. The van der Waals surface area contributed by atoms with E-state index in [1.54, 1.807) is 11.8 Å². The fourth-order valence-corrected chi connectivity index (χ4v) is 2.92. The molecule has 2 aromatic rings. The van der Waals surface area contributed by atoms with Crippen LogP contribution in [0, 0.1) is 0 Å². The molecular weight excluding hydrogens is 372 g/mol. The summed E-state index contributed by atoms with van der Waals surface area (Å²) in [4.78, 5) is 12.8. The number of hydrogen-bond donors (Lipinski definition) is 3. The third-order valence-corrected chi connectivity index (χ3v) is 4.47. The number of unbranched alkanes of at least 4 members (excludes halogenated alkanes) is 3. The highest BCUT2D eigenvalue weighted by Crippen LogP contribution is 2.15. The lowest BCUT2D eigenvalue weighted by Gasteiger charge is -2.05. The lowest BCUT2D eigenvalue weighted by Crippen LogP contribution is -2.25. The van der Waals surface area contributed by atoms with Gasteiger partial charge in [-0.05, 0) is 31.5 Å². The summed E-state index contributed by atoms with van der Waals surface area (Å²) in [7, 11) is 1.00. The first-order valence-electron chi connectivity index (χ1n) is 9.42. The molecule has 0 radical (unpaired) electrons. The molecule has 0 unspecified atom stereocenters. The minimum atomic E-state index is 0. The molecule has 0 heterocycles. The minimum absolute atomic E-state index is 0. The standard InChI is InChI=1S/C15H24N2OS.C6H6.CH4O.H2O/c16-11-7-2-1-6-10-15(18)17-12-13-19-14-8-4-3-5-9-14;1-2-4-6-5-3-1;1-2;/h3-5,8-9H,1-2,6-7,10-13,16H2,(H,17,18);1-6H;2H,1H3;1H2.